The van der Waals surface area contributed by atoms with Crippen LogP contribution in [0.1, 0.15) is 52.0 Å². The molecule has 1 aliphatic rings. The molecule has 0 unspecified atom stereocenters. The summed E-state index contributed by atoms with van der Waals surface area (Å²) in [5.74, 6) is 0. The third-order valence-corrected chi connectivity index (χ3v) is 3.30. The maximum Gasteiger partial charge on any atom is 0.183 e. The van der Waals surface area contributed by atoms with Crippen LogP contribution in [0.3, 0.4) is 0 Å². The number of hydrogen-bond donors (Lipinski definition) is 0. The molecule has 1 fully saturated rings. The van der Waals surface area contributed by atoms with Crippen molar-refractivity contribution in [3.8, 4) is 0 Å². The van der Waals surface area contributed by atoms with Gasteiger partial charge in [0.2, 0.25) is 0 Å². The summed E-state index contributed by atoms with van der Waals surface area (Å²) >= 11 is 0. The van der Waals surface area contributed by atoms with E-state index in [0.29, 0.717) is 0 Å². The van der Waals surface area contributed by atoms with Gasteiger partial charge in [-0.15, -0.1) is 0 Å². The van der Waals surface area contributed by atoms with Gasteiger partial charge < -0.3 is 9.47 Å². The van der Waals surface area contributed by atoms with Crippen LogP contribution in [0.4, 0.5) is 0 Å². The van der Waals surface area contributed by atoms with Gasteiger partial charge >= 0.3 is 0 Å². The topological polar surface area (TPSA) is 18.5 Å². The number of rotatable bonds is 1. The predicted molar refractivity (Wildman–Crippen MR) is 73.6 cm³/mol. The van der Waals surface area contributed by atoms with E-state index in [1.54, 1.807) is 0 Å². The normalized spacial score (nSPS) is 20.9. The van der Waals surface area contributed by atoms with Crippen molar-refractivity contribution in [3.63, 3.8) is 0 Å². The third kappa shape index (κ3) is 3.12. The second-order valence-corrected chi connectivity index (χ2v) is 6.99. The fourth-order valence-electron chi connectivity index (χ4n) is 2.03. The molecule has 18 heavy (non-hydrogen) atoms. The van der Waals surface area contributed by atoms with Gasteiger partial charge in [-0.2, -0.15) is 0 Å². The molecular formula is C16H24O2. The van der Waals surface area contributed by atoms with Crippen LogP contribution in [0.5, 0.6) is 0 Å². The van der Waals surface area contributed by atoms with E-state index < -0.39 is 0 Å². The Morgan fingerprint density at radius 2 is 1.50 bits per heavy atom. The molecule has 1 aromatic rings. The zero-order chi connectivity index (χ0) is 13.4. The summed E-state index contributed by atoms with van der Waals surface area (Å²) in [5.41, 5.74) is 2.76. The first kappa shape index (κ1) is 13.6. The van der Waals surface area contributed by atoms with Gasteiger partial charge in [-0.25, -0.2) is 0 Å². The first-order valence-electron chi connectivity index (χ1n) is 6.62. The van der Waals surface area contributed by atoms with Crippen molar-refractivity contribution in [1.29, 1.82) is 0 Å². The molecule has 0 amide bonds. The SMILES string of the molecule is CC1(C)COC(c2ccc(C(C)(C)C)cc2)OC1. The molecule has 0 spiro atoms. The first-order valence-corrected chi connectivity index (χ1v) is 6.62. The maximum atomic E-state index is 5.78. The Balaban J connectivity index is 2.07. The van der Waals surface area contributed by atoms with E-state index in [-0.39, 0.29) is 17.1 Å². The number of ether oxygens (including phenoxy) is 2. The summed E-state index contributed by atoms with van der Waals surface area (Å²) in [6, 6.07) is 8.57. The molecule has 0 saturated carbocycles. The molecule has 0 N–H and O–H groups in total. The molecule has 0 radical (unpaired) electrons. The second kappa shape index (κ2) is 4.67. The van der Waals surface area contributed by atoms with Gasteiger partial charge in [-0.1, -0.05) is 58.9 Å². The molecule has 0 aliphatic carbocycles. The van der Waals surface area contributed by atoms with Crippen molar-refractivity contribution >= 4 is 0 Å². The van der Waals surface area contributed by atoms with Crippen molar-refractivity contribution in [1.82, 2.24) is 0 Å². The van der Waals surface area contributed by atoms with Gasteiger partial charge in [-0.3, -0.25) is 0 Å². The van der Waals surface area contributed by atoms with Gasteiger partial charge in [0.05, 0.1) is 13.2 Å². The highest BCUT2D eigenvalue weighted by Gasteiger charge is 2.29. The minimum atomic E-state index is -0.202. The molecule has 0 atom stereocenters. The summed E-state index contributed by atoms with van der Waals surface area (Å²) in [6.07, 6.45) is -0.202. The van der Waals surface area contributed by atoms with Gasteiger partial charge in [0, 0.05) is 11.0 Å². The van der Waals surface area contributed by atoms with Crippen molar-refractivity contribution in [2.45, 2.75) is 46.3 Å². The molecule has 100 valence electrons. The standard InChI is InChI=1S/C16H24O2/c1-15(2,3)13-8-6-12(7-9-13)14-17-10-16(4,5)11-18-14/h6-9,14H,10-11H2,1-5H3. The third-order valence-electron chi connectivity index (χ3n) is 3.30. The number of benzene rings is 1. The van der Waals surface area contributed by atoms with Gasteiger partial charge in [0.25, 0.3) is 0 Å². The summed E-state index contributed by atoms with van der Waals surface area (Å²) in [6.45, 7) is 12.5. The van der Waals surface area contributed by atoms with Crippen molar-refractivity contribution < 1.29 is 9.47 Å². The monoisotopic (exact) mass is 248 g/mol. The highest BCUT2D eigenvalue weighted by atomic mass is 16.7. The van der Waals surface area contributed by atoms with Crippen LogP contribution in [0.2, 0.25) is 0 Å². The quantitative estimate of drug-likeness (QED) is 0.746. The van der Waals surface area contributed by atoms with Crippen molar-refractivity contribution in [2.75, 3.05) is 13.2 Å². The Bertz CT molecular complexity index is 388. The van der Waals surface area contributed by atoms with E-state index >= 15 is 0 Å². The van der Waals surface area contributed by atoms with Gasteiger partial charge in [0.15, 0.2) is 6.29 Å². The van der Waals surface area contributed by atoms with Crippen LogP contribution < -0.4 is 0 Å². The lowest BCUT2D eigenvalue weighted by molar-refractivity contribution is -0.226. The Morgan fingerprint density at radius 3 is 1.94 bits per heavy atom. The zero-order valence-electron chi connectivity index (χ0n) is 12.1. The van der Waals surface area contributed by atoms with Gasteiger partial charge in [-0.05, 0) is 11.0 Å². The lowest BCUT2D eigenvalue weighted by Crippen LogP contribution is -2.33. The fraction of sp³-hybridized carbons (Fsp3) is 0.625. The largest absolute Gasteiger partial charge is 0.348 e. The molecule has 0 bridgehead atoms. The van der Waals surface area contributed by atoms with E-state index in [0.717, 1.165) is 18.8 Å². The van der Waals surface area contributed by atoms with Crippen LogP contribution in [0, 0.1) is 5.41 Å². The van der Waals surface area contributed by atoms with E-state index in [2.05, 4.69) is 58.9 Å². The Hall–Kier alpha value is -0.860. The van der Waals surface area contributed by atoms with Crippen LogP contribution >= 0.6 is 0 Å². The Morgan fingerprint density at radius 1 is 1.00 bits per heavy atom. The molecule has 1 aromatic carbocycles. The Kier molecular flexibility index (Phi) is 3.52. The highest BCUT2D eigenvalue weighted by molar-refractivity contribution is 5.28. The summed E-state index contributed by atoms with van der Waals surface area (Å²) in [5, 5.41) is 0. The average Bonchev–Trinajstić information content (AvgIpc) is 2.28. The smallest absolute Gasteiger partial charge is 0.183 e. The molecule has 0 aromatic heterocycles. The van der Waals surface area contributed by atoms with Gasteiger partial charge in [0.1, 0.15) is 0 Å². The molecule has 1 saturated heterocycles. The minimum Gasteiger partial charge on any atom is -0.348 e. The van der Waals surface area contributed by atoms with Crippen LogP contribution in [-0.4, -0.2) is 13.2 Å². The summed E-state index contributed by atoms with van der Waals surface area (Å²) < 4.78 is 11.6. The molecule has 2 nitrogen and oxygen atoms in total. The van der Waals surface area contributed by atoms with Crippen molar-refractivity contribution in [3.05, 3.63) is 35.4 Å². The molecule has 2 heteroatoms. The lowest BCUT2D eigenvalue weighted by Gasteiger charge is -2.34. The van der Waals surface area contributed by atoms with Crippen LogP contribution in [0.15, 0.2) is 24.3 Å². The van der Waals surface area contributed by atoms with E-state index in [1.165, 1.54) is 5.56 Å². The minimum absolute atomic E-state index is 0.127. The van der Waals surface area contributed by atoms with Crippen molar-refractivity contribution in [2.24, 2.45) is 5.41 Å². The first-order chi connectivity index (χ1) is 8.28. The molecule has 1 heterocycles. The maximum absolute atomic E-state index is 5.78. The highest BCUT2D eigenvalue weighted by Crippen LogP contribution is 2.32. The molecule has 2 rings (SSSR count). The second-order valence-electron chi connectivity index (χ2n) is 6.99. The average molecular weight is 248 g/mol. The molecule has 1 aliphatic heterocycles. The van der Waals surface area contributed by atoms with Crippen LogP contribution in [0.25, 0.3) is 0 Å². The number of hydrogen-bond acceptors (Lipinski definition) is 2. The predicted octanol–water partition coefficient (Wildman–Crippen LogP) is 4.06. The molecular weight excluding hydrogens is 224 g/mol. The fourth-order valence-corrected chi connectivity index (χ4v) is 2.03. The lowest BCUT2D eigenvalue weighted by atomic mass is 9.86. The summed E-state index contributed by atoms with van der Waals surface area (Å²) in [4.78, 5) is 0. The van der Waals surface area contributed by atoms with Crippen LogP contribution in [-0.2, 0) is 14.9 Å². The summed E-state index contributed by atoms with van der Waals surface area (Å²) in [7, 11) is 0. The van der Waals surface area contributed by atoms with E-state index in [1.807, 2.05) is 0 Å². The zero-order valence-corrected chi connectivity index (χ0v) is 12.1. The van der Waals surface area contributed by atoms with E-state index in [9.17, 15) is 0 Å². The Labute approximate surface area is 110 Å². The van der Waals surface area contributed by atoms with E-state index in [4.69, 9.17) is 9.47 Å².